The van der Waals surface area contributed by atoms with Crippen LogP contribution >= 0.6 is 0 Å². The Hall–Kier alpha value is -4.82. The van der Waals surface area contributed by atoms with E-state index in [4.69, 9.17) is 9.15 Å². The summed E-state index contributed by atoms with van der Waals surface area (Å²) in [7, 11) is 0. The number of furan rings is 1. The highest BCUT2D eigenvalue weighted by Crippen LogP contribution is 2.49. The predicted octanol–water partition coefficient (Wildman–Crippen LogP) is 9.68. The van der Waals surface area contributed by atoms with Crippen LogP contribution in [0.5, 0.6) is 5.75 Å². The summed E-state index contributed by atoms with van der Waals surface area (Å²) in [4.78, 5) is 0. The second-order valence-electron chi connectivity index (χ2n) is 9.93. The van der Waals surface area contributed by atoms with E-state index < -0.39 is 0 Å². The topological polar surface area (TPSA) is 22.4 Å². The molecule has 38 heavy (non-hydrogen) atoms. The fourth-order valence-corrected chi connectivity index (χ4v) is 6.14. The lowest BCUT2D eigenvalue weighted by Gasteiger charge is -2.18. The molecule has 0 atom stereocenters. The maximum Gasteiger partial charge on any atom is 0.143 e. The molecule has 1 aliphatic rings. The third-order valence-electron chi connectivity index (χ3n) is 7.79. The molecule has 0 unspecified atom stereocenters. The van der Waals surface area contributed by atoms with Crippen molar-refractivity contribution in [3.8, 4) is 39.3 Å². The van der Waals surface area contributed by atoms with Gasteiger partial charge in [-0.1, -0.05) is 97.1 Å². The van der Waals surface area contributed by atoms with Gasteiger partial charge in [0.05, 0.1) is 6.61 Å². The van der Waals surface area contributed by atoms with Crippen molar-refractivity contribution in [2.24, 2.45) is 0 Å². The molecular formula is C36H24O2. The SMILES string of the molecule is c1ccc(-c2c3ccccc3c(-c3c(-c4ccc5c(c4)CCO5)oc4ccccc34)c3ccccc23)cc1. The first-order valence-corrected chi connectivity index (χ1v) is 13.1. The molecule has 0 amide bonds. The maximum atomic E-state index is 6.67. The average molecular weight is 489 g/mol. The van der Waals surface area contributed by atoms with Crippen molar-refractivity contribution in [2.75, 3.05) is 6.61 Å². The lowest BCUT2D eigenvalue weighted by atomic mass is 9.84. The van der Waals surface area contributed by atoms with Crippen LogP contribution in [0.1, 0.15) is 5.56 Å². The molecule has 2 heteroatoms. The van der Waals surface area contributed by atoms with E-state index >= 15 is 0 Å². The van der Waals surface area contributed by atoms with Crippen LogP contribution in [0.2, 0.25) is 0 Å². The van der Waals surface area contributed by atoms with Gasteiger partial charge in [0.25, 0.3) is 0 Å². The van der Waals surface area contributed by atoms with E-state index in [0.717, 1.165) is 46.6 Å². The fraction of sp³-hybridized carbons (Fsp3) is 0.0556. The van der Waals surface area contributed by atoms with Crippen LogP contribution in [-0.2, 0) is 6.42 Å². The molecule has 0 N–H and O–H groups in total. The molecule has 1 aliphatic heterocycles. The Bertz CT molecular complexity index is 1940. The molecule has 8 rings (SSSR count). The first-order valence-electron chi connectivity index (χ1n) is 13.1. The largest absolute Gasteiger partial charge is 0.493 e. The normalized spacial score (nSPS) is 12.7. The zero-order chi connectivity index (χ0) is 25.1. The van der Waals surface area contributed by atoms with Crippen molar-refractivity contribution in [1.29, 1.82) is 0 Å². The summed E-state index contributed by atoms with van der Waals surface area (Å²) in [5.74, 6) is 1.89. The minimum atomic E-state index is 0.738. The van der Waals surface area contributed by atoms with Crippen LogP contribution in [0.25, 0.3) is 66.1 Å². The molecule has 0 fully saturated rings. The van der Waals surface area contributed by atoms with Gasteiger partial charge in [-0.05, 0) is 62.5 Å². The van der Waals surface area contributed by atoms with E-state index in [-0.39, 0.29) is 0 Å². The Balaban J connectivity index is 1.54. The van der Waals surface area contributed by atoms with Crippen molar-refractivity contribution in [3.05, 3.63) is 127 Å². The first kappa shape index (κ1) is 21.3. The van der Waals surface area contributed by atoms with Crippen LogP contribution in [0, 0.1) is 0 Å². The van der Waals surface area contributed by atoms with E-state index in [1.165, 1.54) is 43.8 Å². The molecule has 6 aromatic carbocycles. The fourth-order valence-electron chi connectivity index (χ4n) is 6.14. The van der Waals surface area contributed by atoms with Crippen LogP contribution in [-0.4, -0.2) is 6.61 Å². The minimum absolute atomic E-state index is 0.738. The van der Waals surface area contributed by atoms with Gasteiger partial charge in [-0.15, -0.1) is 0 Å². The van der Waals surface area contributed by atoms with Crippen molar-refractivity contribution in [3.63, 3.8) is 0 Å². The van der Waals surface area contributed by atoms with Crippen LogP contribution in [0.3, 0.4) is 0 Å². The summed E-state index contributed by atoms with van der Waals surface area (Å²) in [6.07, 6.45) is 0.927. The monoisotopic (exact) mass is 488 g/mol. The number of hydrogen-bond donors (Lipinski definition) is 0. The summed E-state index contributed by atoms with van der Waals surface area (Å²) in [5, 5.41) is 6.06. The van der Waals surface area contributed by atoms with Crippen molar-refractivity contribution in [2.45, 2.75) is 6.42 Å². The van der Waals surface area contributed by atoms with Crippen LogP contribution in [0.15, 0.2) is 126 Å². The molecule has 180 valence electrons. The van der Waals surface area contributed by atoms with Gasteiger partial charge >= 0.3 is 0 Å². The standard InChI is InChI=1S/C36H24O2/c1-2-10-23(11-3-1)33-26-12-4-6-14-28(26)34(29-15-7-5-13-27(29)33)35-30-16-8-9-17-32(30)38-36(35)25-18-19-31-24(22-25)20-21-37-31/h1-19,22H,20-21H2. The lowest BCUT2D eigenvalue weighted by Crippen LogP contribution is -1.91. The Labute approximate surface area is 220 Å². The van der Waals surface area contributed by atoms with Gasteiger partial charge in [0, 0.05) is 28.5 Å². The van der Waals surface area contributed by atoms with Crippen LogP contribution in [0.4, 0.5) is 0 Å². The van der Waals surface area contributed by atoms with Crippen molar-refractivity contribution in [1.82, 2.24) is 0 Å². The van der Waals surface area contributed by atoms with Gasteiger partial charge in [0.1, 0.15) is 17.1 Å². The molecule has 7 aromatic rings. The third-order valence-corrected chi connectivity index (χ3v) is 7.79. The van der Waals surface area contributed by atoms with E-state index in [9.17, 15) is 0 Å². The van der Waals surface area contributed by atoms with E-state index in [1.54, 1.807) is 0 Å². The highest BCUT2D eigenvalue weighted by Gasteiger charge is 2.24. The smallest absolute Gasteiger partial charge is 0.143 e. The zero-order valence-corrected chi connectivity index (χ0v) is 20.8. The van der Waals surface area contributed by atoms with Crippen LogP contribution < -0.4 is 4.74 Å². The van der Waals surface area contributed by atoms with E-state index in [0.29, 0.717) is 0 Å². The highest BCUT2D eigenvalue weighted by atomic mass is 16.5. The summed E-state index contributed by atoms with van der Waals surface area (Å²) in [6, 6.07) is 43.2. The molecule has 0 saturated carbocycles. The number of benzene rings is 6. The average Bonchev–Trinajstić information content (AvgIpc) is 3.61. The Morgan fingerprint density at radius 2 is 1.08 bits per heavy atom. The number of para-hydroxylation sites is 1. The van der Waals surface area contributed by atoms with Crippen molar-refractivity contribution < 1.29 is 9.15 Å². The molecule has 0 aliphatic carbocycles. The maximum absolute atomic E-state index is 6.67. The van der Waals surface area contributed by atoms with E-state index in [1.807, 2.05) is 6.07 Å². The minimum Gasteiger partial charge on any atom is -0.493 e. The Morgan fingerprint density at radius 1 is 0.474 bits per heavy atom. The Kier molecular flexibility index (Phi) is 4.68. The zero-order valence-electron chi connectivity index (χ0n) is 20.8. The molecule has 0 saturated heterocycles. The highest BCUT2D eigenvalue weighted by molar-refractivity contribution is 6.24. The number of fused-ring (bicyclic) bond motifs is 4. The first-order chi connectivity index (χ1) is 18.9. The molecule has 2 nitrogen and oxygen atoms in total. The summed E-state index contributed by atoms with van der Waals surface area (Å²) in [5.41, 5.74) is 8.07. The summed E-state index contributed by atoms with van der Waals surface area (Å²) in [6.45, 7) is 0.738. The van der Waals surface area contributed by atoms with Crippen molar-refractivity contribution >= 4 is 32.5 Å². The van der Waals surface area contributed by atoms with Gasteiger partial charge in [0.2, 0.25) is 0 Å². The predicted molar refractivity (Wildman–Crippen MR) is 157 cm³/mol. The van der Waals surface area contributed by atoms with E-state index in [2.05, 4.69) is 115 Å². The van der Waals surface area contributed by atoms with Gasteiger partial charge in [-0.2, -0.15) is 0 Å². The summed E-state index contributed by atoms with van der Waals surface area (Å²) >= 11 is 0. The van der Waals surface area contributed by atoms with Gasteiger partial charge in [-0.3, -0.25) is 0 Å². The number of ether oxygens (including phenoxy) is 1. The van der Waals surface area contributed by atoms with Gasteiger partial charge < -0.3 is 9.15 Å². The summed E-state index contributed by atoms with van der Waals surface area (Å²) < 4.78 is 12.5. The molecule has 2 heterocycles. The molecule has 0 spiro atoms. The second kappa shape index (κ2) is 8.36. The Morgan fingerprint density at radius 3 is 1.79 bits per heavy atom. The molecular weight excluding hydrogens is 464 g/mol. The lowest BCUT2D eigenvalue weighted by molar-refractivity contribution is 0.357. The molecule has 0 bridgehead atoms. The number of rotatable bonds is 3. The number of hydrogen-bond acceptors (Lipinski definition) is 2. The van der Waals surface area contributed by atoms with Gasteiger partial charge in [0.15, 0.2) is 0 Å². The molecule has 1 aromatic heterocycles. The van der Waals surface area contributed by atoms with Gasteiger partial charge in [-0.25, -0.2) is 0 Å². The third kappa shape index (κ3) is 3.13. The quantitative estimate of drug-likeness (QED) is 0.231. The second-order valence-corrected chi connectivity index (χ2v) is 9.93. The molecule has 0 radical (unpaired) electrons.